The Morgan fingerprint density at radius 1 is 1.25 bits per heavy atom. The smallest absolute Gasteiger partial charge is 0.243 e. The van der Waals surface area contributed by atoms with Gasteiger partial charge >= 0.3 is 0 Å². The van der Waals surface area contributed by atoms with Gasteiger partial charge in [-0.15, -0.1) is 11.8 Å². The molecule has 1 amide bonds. The molecule has 2 aromatic heterocycles. The lowest BCUT2D eigenvalue weighted by molar-refractivity contribution is -0.136. The van der Waals surface area contributed by atoms with Crippen LogP contribution in [-0.4, -0.2) is 49.6 Å². The first kappa shape index (κ1) is 22.5. The summed E-state index contributed by atoms with van der Waals surface area (Å²) in [6.07, 6.45) is 3.58. The highest BCUT2D eigenvalue weighted by Gasteiger charge is 2.34. The fraction of sp³-hybridized carbons (Fsp3) is 0.304. The fourth-order valence-corrected chi connectivity index (χ4v) is 5.30. The van der Waals surface area contributed by atoms with Crippen LogP contribution in [0, 0.1) is 5.82 Å². The van der Waals surface area contributed by atoms with E-state index in [1.165, 1.54) is 24.8 Å². The summed E-state index contributed by atoms with van der Waals surface area (Å²) in [6.45, 7) is 1.91. The van der Waals surface area contributed by atoms with Crippen LogP contribution in [0.15, 0.2) is 42.7 Å². The number of nitrogens with zero attached hydrogens (tertiary/aromatic N) is 3. The summed E-state index contributed by atoms with van der Waals surface area (Å²) in [5.41, 5.74) is 1.44. The van der Waals surface area contributed by atoms with Gasteiger partial charge in [0.2, 0.25) is 5.91 Å². The predicted molar refractivity (Wildman–Crippen MR) is 122 cm³/mol. The molecule has 166 valence electrons. The Morgan fingerprint density at radius 3 is 2.84 bits per heavy atom. The van der Waals surface area contributed by atoms with Crippen molar-refractivity contribution in [1.29, 1.82) is 0 Å². The highest BCUT2D eigenvalue weighted by atomic mass is 35.5. The number of ketones is 2. The van der Waals surface area contributed by atoms with Crippen LogP contribution in [0.1, 0.15) is 29.3 Å². The summed E-state index contributed by atoms with van der Waals surface area (Å²) in [5.74, 6) is -0.314. The lowest BCUT2D eigenvalue weighted by Gasteiger charge is -2.23. The highest BCUT2D eigenvalue weighted by molar-refractivity contribution is 8.00. The Morgan fingerprint density at radius 2 is 2.06 bits per heavy atom. The molecule has 1 aliphatic heterocycles. The Labute approximate surface area is 193 Å². The lowest BCUT2D eigenvalue weighted by Crippen LogP contribution is -2.41. The van der Waals surface area contributed by atoms with Crippen LogP contribution in [0.5, 0.6) is 0 Å². The van der Waals surface area contributed by atoms with Gasteiger partial charge in [-0.2, -0.15) is 0 Å². The van der Waals surface area contributed by atoms with E-state index in [4.69, 9.17) is 11.6 Å². The van der Waals surface area contributed by atoms with E-state index in [1.807, 2.05) is 0 Å². The number of pyridine rings is 1. The largest absolute Gasteiger partial charge is 0.322 e. The van der Waals surface area contributed by atoms with Gasteiger partial charge in [0.25, 0.3) is 0 Å². The second kappa shape index (κ2) is 9.42. The van der Waals surface area contributed by atoms with Crippen LogP contribution < -0.4 is 0 Å². The molecule has 0 bridgehead atoms. The summed E-state index contributed by atoms with van der Waals surface area (Å²) >= 11 is 7.23. The minimum Gasteiger partial charge on any atom is -0.322 e. The number of halogens is 2. The van der Waals surface area contributed by atoms with Crippen molar-refractivity contribution in [3.8, 4) is 0 Å². The number of carbonyl (C=O) groups is 3. The van der Waals surface area contributed by atoms with Crippen LogP contribution in [0.25, 0.3) is 11.0 Å². The second-order valence-electron chi connectivity index (χ2n) is 7.59. The van der Waals surface area contributed by atoms with E-state index in [0.717, 1.165) is 0 Å². The van der Waals surface area contributed by atoms with Gasteiger partial charge in [0.1, 0.15) is 23.4 Å². The number of carbonyl (C=O) groups excluding carboxylic acids is 3. The summed E-state index contributed by atoms with van der Waals surface area (Å²) in [4.78, 5) is 43.8. The van der Waals surface area contributed by atoms with Crippen molar-refractivity contribution >= 4 is 51.9 Å². The minimum atomic E-state index is -0.605. The van der Waals surface area contributed by atoms with E-state index in [9.17, 15) is 18.8 Å². The molecule has 0 aliphatic carbocycles. The van der Waals surface area contributed by atoms with Gasteiger partial charge in [-0.3, -0.25) is 14.4 Å². The monoisotopic (exact) mass is 473 g/mol. The average molecular weight is 474 g/mol. The number of rotatable bonds is 7. The predicted octanol–water partition coefficient (Wildman–Crippen LogP) is 4.13. The molecule has 4 rings (SSSR count). The van der Waals surface area contributed by atoms with Crippen molar-refractivity contribution in [3.05, 3.63) is 64.7 Å². The minimum absolute atomic E-state index is 0.0198. The van der Waals surface area contributed by atoms with Gasteiger partial charge < -0.3 is 9.47 Å². The number of aromatic nitrogens is 2. The second-order valence-corrected chi connectivity index (χ2v) is 9.19. The van der Waals surface area contributed by atoms with Gasteiger partial charge in [-0.1, -0.05) is 23.7 Å². The molecule has 32 heavy (non-hydrogen) atoms. The lowest BCUT2D eigenvalue weighted by atomic mass is 10.1. The van der Waals surface area contributed by atoms with E-state index < -0.39 is 11.2 Å². The molecule has 0 N–H and O–H groups in total. The third-order valence-corrected chi connectivity index (χ3v) is 7.02. The van der Waals surface area contributed by atoms with Crippen molar-refractivity contribution in [2.45, 2.75) is 31.7 Å². The van der Waals surface area contributed by atoms with Crippen molar-refractivity contribution in [3.63, 3.8) is 0 Å². The molecule has 0 unspecified atom stereocenters. The number of aryl methyl sites for hydroxylation is 1. The molecule has 6 nitrogen and oxygen atoms in total. The molecule has 1 saturated heterocycles. The maximum atomic E-state index is 14.1. The number of thioether (sulfide) groups is 1. The van der Waals surface area contributed by atoms with Crippen LogP contribution in [0.2, 0.25) is 5.02 Å². The molecule has 1 atom stereocenters. The number of fused-ring (bicyclic) bond motifs is 1. The van der Waals surface area contributed by atoms with Crippen LogP contribution in [-0.2, 0) is 22.6 Å². The first-order chi connectivity index (χ1) is 15.4. The summed E-state index contributed by atoms with van der Waals surface area (Å²) in [6, 6.07) is 8.27. The van der Waals surface area contributed by atoms with Crippen LogP contribution in [0.3, 0.4) is 0 Å². The standard InChI is InChI=1S/C23H21ClFN3O3S/c1-14(29)17-12-27(22-16(17)5-3-9-26-22)13-20(31)28-10-11-32-23(28)19(30)8-7-15-4-2-6-18(24)21(15)25/h2-6,9,12,23H,7-8,10-11,13H2,1H3/t23-/m0/s1. The molecule has 0 radical (unpaired) electrons. The molecule has 3 aromatic rings. The quantitative estimate of drug-likeness (QED) is 0.482. The summed E-state index contributed by atoms with van der Waals surface area (Å²) < 4.78 is 15.8. The molecule has 0 saturated carbocycles. The highest BCUT2D eigenvalue weighted by Crippen LogP contribution is 2.28. The van der Waals surface area contributed by atoms with Crippen LogP contribution in [0.4, 0.5) is 4.39 Å². The number of amides is 1. The van der Waals surface area contributed by atoms with Crippen molar-refractivity contribution in [2.75, 3.05) is 12.3 Å². The normalized spacial score (nSPS) is 16.0. The third-order valence-electron chi connectivity index (χ3n) is 5.48. The Bertz CT molecular complexity index is 1210. The topological polar surface area (TPSA) is 72.3 Å². The Hall–Kier alpha value is -2.71. The number of benzene rings is 1. The zero-order valence-electron chi connectivity index (χ0n) is 17.4. The molecular formula is C23H21ClFN3O3S. The molecule has 1 aliphatic rings. The fourth-order valence-electron chi connectivity index (χ4n) is 3.88. The van der Waals surface area contributed by atoms with Gasteiger partial charge in [0.15, 0.2) is 11.6 Å². The van der Waals surface area contributed by atoms with E-state index in [2.05, 4.69) is 4.98 Å². The van der Waals surface area contributed by atoms with Crippen LogP contribution >= 0.6 is 23.4 Å². The van der Waals surface area contributed by atoms with Crippen molar-refractivity contribution in [1.82, 2.24) is 14.5 Å². The van der Waals surface area contributed by atoms with E-state index >= 15 is 0 Å². The van der Waals surface area contributed by atoms with Crippen molar-refractivity contribution < 1.29 is 18.8 Å². The molecular weight excluding hydrogens is 453 g/mol. The molecule has 3 heterocycles. The first-order valence-electron chi connectivity index (χ1n) is 10.2. The zero-order valence-corrected chi connectivity index (χ0v) is 19.0. The maximum absolute atomic E-state index is 14.1. The molecule has 0 spiro atoms. The van der Waals surface area contributed by atoms with E-state index in [1.54, 1.807) is 46.1 Å². The molecule has 9 heteroatoms. The number of hydrogen-bond acceptors (Lipinski definition) is 5. The first-order valence-corrected chi connectivity index (χ1v) is 11.6. The maximum Gasteiger partial charge on any atom is 0.243 e. The molecule has 1 fully saturated rings. The number of Topliss-reactive ketones (excluding diaryl/α,β-unsaturated/α-hetero) is 2. The Balaban J connectivity index is 1.47. The third kappa shape index (κ3) is 4.42. The summed E-state index contributed by atoms with van der Waals surface area (Å²) in [7, 11) is 0. The van der Waals surface area contributed by atoms with Gasteiger partial charge in [0, 0.05) is 42.1 Å². The number of hydrogen-bond donors (Lipinski definition) is 0. The van der Waals surface area contributed by atoms with Gasteiger partial charge in [0.05, 0.1) is 5.02 Å². The van der Waals surface area contributed by atoms with E-state index in [-0.39, 0.29) is 41.9 Å². The van der Waals surface area contributed by atoms with Crippen molar-refractivity contribution in [2.24, 2.45) is 0 Å². The van der Waals surface area contributed by atoms with Gasteiger partial charge in [-0.25, -0.2) is 9.37 Å². The van der Waals surface area contributed by atoms with Gasteiger partial charge in [-0.05, 0) is 37.1 Å². The SMILES string of the molecule is CC(=O)c1cn(CC(=O)N2CCS[C@H]2C(=O)CCc2cccc(Cl)c2F)c2ncccc12. The Kier molecular flexibility index (Phi) is 6.62. The average Bonchev–Trinajstić information content (AvgIpc) is 3.40. The molecule has 1 aromatic carbocycles. The summed E-state index contributed by atoms with van der Waals surface area (Å²) in [5, 5.41) is 0.117. The zero-order chi connectivity index (χ0) is 22.8. The van der Waals surface area contributed by atoms with E-state index in [0.29, 0.717) is 34.5 Å².